The largest absolute Gasteiger partial charge is 0.454 e. The number of nitrogens with zero attached hydrogens (tertiary/aromatic N) is 2. The molecule has 0 atom stereocenters. The van der Waals surface area contributed by atoms with Crippen molar-refractivity contribution in [3.05, 3.63) is 34.7 Å². The third-order valence-corrected chi connectivity index (χ3v) is 3.62. The van der Waals surface area contributed by atoms with E-state index in [0.29, 0.717) is 16.8 Å². The average molecular weight is 306 g/mol. The fourth-order valence-corrected chi connectivity index (χ4v) is 2.17. The molecule has 0 spiro atoms. The summed E-state index contributed by atoms with van der Waals surface area (Å²) in [5.74, 6) is 3.11. The second-order valence-electron chi connectivity index (χ2n) is 5.19. The van der Waals surface area contributed by atoms with Gasteiger partial charge in [-0.25, -0.2) is 9.97 Å². The van der Waals surface area contributed by atoms with Crippen molar-refractivity contribution < 1.29 is 9.47 Å². The van der Waals surface area contributed by atoms with Crippen LogP contribution in [0.4, 0.5) is 11.5 Å². The molecule has 6 heteroatoms. The molecule has 1 N–H and O–H groups in total. The highest BCUT2D eigenvalue weighted by molar-refractivity contribution is 6.30. The number of rotatable bonds is 3. The SMILES string of the molecule is Cc1c(Cl)nc(C(C)C)nc1Nc1ccc2c(c1)OCO2. The summed E-state index contributed by atoms with van der Waals surface area (Å²) in [5.41, 5.74) is 1.69. The highest BCUT2D eigenvalue weighted by Crippen LogP contribution is 2.35. The lowest BCUT2D eigenvalue weighted by molar-refractivity contribution is 0.174. The Hall–Kier alpha value is -2.01. The molecule has 0 radical (unpaired) electrons. The van der Waals surface area contributed by atoms with E-state index in [1.54, 1.807) is 0 Å². The number of aromatic nitrogens is 2. The number of anilines is 2. The Labute approximate surface area is 128 Å². The van der Waals surface area contributed by atoms with Gasteiger partial charge in [-0.3, -0.25) is 0 Å². The average Bonchev–Trinajstić information content (AvgIpc) is 2.91. The summed E-state index contributed by atoms with van der Waals surface area (Å²) in [6.45, 7) is 6.22. The van der Waals surface area contributed by atoms with E-state index in [9.17, 15) is 0 Å². The third kappa shape index (κ3) is 2.74. The van der Waals surface area contributed by atoms with Crippen LogP contribution in [0.25, 0.3) is 0 Å². The zero-order valence-electron chi connectivity index (χ0n) is 12.1. The molecule has 0 fully saturated rings. The first-order valence-electron chi connectivity index (χ1n) is 6.75. The van der Waals surface area contributed by atoms with Crippen molar-refractivity contribution in [3.63, 3.8) is 0 Å². The Morgan fingerprint density at radius 1 is 1.19 bits per heavy atom. The summed E-state index contributed by atoms with van der Waals surface area (Å²) in [6, 6.07) is 5.66. The minimum atomic E-state index is 0.209. The van der Waals surface area contributed by atoms with Gasteiger partial charge in [-0.05, 0) is 19.1 Å². The molecule has 0 bridgehead atoms. The quantitative estimate of drug-likeness (QED) is 0.867. The van der Waals surface area contributed by atoms with Crippen LogP contribution in [-0.2, 0) is 0 Å². The Bertz CT molecular complexity index is 689. The van der Waals surface area contributed by atoms with E-state index < -0.39 is 0 Å². The Kier molecular flexibility index (Phi) is 3.59. The van der Waals surface area contributed by atoms with E-state index in [0.717, 1.165) is 22.7 Å². The molecular weight excluding hydrogens is 290 g/mol. The maximum absolute atomic E-state index is 6.19. The number of halogens is 1. The summed E-state index contributed by atoms with van der Waals surface area (Å²) in [5, 5.41) is 3.74. The van der Waals surface area contributed by atoms with Crippen molar-refractivity contribution in [2.24, 2.45) is 0 Å². The lowest BCUT2D eigenvalue weighted by atomic mass is 10.2. The topological polar surface area (TPSA) is 56.3 Å². The van der Waals surface area contributed by atoms with Crippen molar-refractivity contribution in [3.8, 4) is 11.5 Å². The fourth-order valence-electron chi connectivity index (χ4n) is 2.00. The van der Waals surface area contributed by atoms with E-state index in [-0.39, 0.29) is 12.7 Å². The number of hydrogen-bond donors (Lipinski definition) is 1. The zero-order chi connectivity index (χ0) is 15.0. The first-order chi connectivity index (χ1) is 10.0. The minimum Gasteiger partial charge on any atom is -0.454 e. The van der Waals surface area contributed by atoms with Gasteiger partial charge in [0.1, 0.15) is 16.8 Å². The van der Waals surface area contributed by atoms with E-state index in [2.05, 4.69) is 15.3 Å². The van der Waals surface area contributed by atoms with E-state index in [1.807, 2.05) is 39.0 Å². The zero-order valence-corrected chi connectivity index (χ0v) is 12.9. The normalized spacial score (nSPS) is 12.8. The van der Waals surface area contributed by atoms with Crippen LogP contribution in [0.15, 0.2) is 18.2 Å². The lowest BCUT2D eigenvalue weighted by Gasteiger charge is -2.13. The summed E-state index contributed by atoms with van der Waals surface area (Å²) in [7, 11) is 0. The monoisotopic (exact) mass is 305 g/mol. The molecule has 1 aromatic heterocycles. The fraction of sp³-hybridized carbons (Fsp3) is 0.333. The number of benzene rings is 1. The van der Waals surface area contributed by atoms with Gasteiger partial charge in [-0.1, -0.05) is 25.4 Å². The van der Waals surface area contributed by atoms with Crippen molar-refractivity contribution in [2.75, 3.05) is 12.1 Å². The van der Waals surface area contributed by atoms with Crippen LogP contribution >= 0.6 is 11.6 Å². The molecule has 2 heterocycles. The molecule has 110 valence electrons. The maximum atomic E-state index is 6.19. The molecule has 0 saturated carbocycles. The van der Waals surface area contributed by atoms with Crippen molar-refractivity contribution in [1.29, 1.82) is 0 Å². The first kappa shape index (κ1) is 13.9. The molecule has 3 rings (SSSR count). The highest BCUT2D eigenvalue weighted by Gasteiger charge is 2.15. The van der Waals surface area contributed by atoms with Crippen LogP contribution in [0.2, 0.25) is 5.15 Å². The number of hydrogen-bond acceptors (Lipinski definition) is 5. The van der Waals surface area contributed by atoms with Gasteiger partial charge >= 0.3 is 0 Å². The molecule has 1 aromatic carbocycles. The molecular formula is C15H16ClN3O2. The maximum Gasteiger partial charge on any atom is 0.231 e. The van der Waals surface area contributed by atoms with E-state index in [4.69, 9.17) is 21.1 Å². The summed E-state index contributed by atoms with van der Waals surface area (Å²) in [4.78, 5) is 8.84. The van der Waals surface area contributed by atoms with Crippen LogP contribution in [0.3, 0.4) is 0 Å². The molecule has 2 aromatic rings. The van der Waals surface area contributed by atoms with Gasteiger partial charge in [0.2, 0.25) is 6.79 Å². The number of ether oxygens (including phenoxy) is 2. The second-order valence-corrected chi connectivity index (χ2v) is 5.55. The van der Waals surface area contributed by atoms with Crippen LogP contribution in [0.5, 0.6) is 11.5 Å². The summed E-state index contributed by atoms with van der Waals surface area (Å²) >= 11 is 6.19. The third-order valence-electron chi connectivity index (χ3n) is 3.26. The molecule has 1 aliphatic rings. The van der Waals surface area contributed by atoms with Gasteiger partial charge in [0.05, 0.1) is 0 Å². The van der Waals surface area contributed by atoms with E-state index in [1.165, 1.54) is 0 Å². The standard InChI is InChI=1S/C15H16ClN3O2/c1-8(2)14-18-13(16)9(3)15(19-14)17-10-4-5-11-12(6-10)21-7-20-11/h4-6,8H,7H2,1-3H3,(H,17,18,19). The lowest BCUT2D eigenvalue weighted by Crippen LogP contribution is -2.05. The van der Waals surface area contributed by atoms with Crippen LogP contribution in [0.1, 0.15) is 31.2 Å². The Morgan fingerprint density at radius 3 is 2.71 bits per heavy atom. The minimum absolute atomic E-state index is 0.209. The van der Waals surface area contributed by atoms with Gasteiger partial charge in [0.25, 0.3) is 0 Å². The van der Waals surface area contributed by atoms with Gasteiger partial charge in [0.15, 0.2) is 11.5 Å². The van der Waals surface area contributed by atoms with Gasteiger partial charge in [-0.2, -0.15) is 0 Å². The van der Waals surface area contributed by atoms with Gasteiger partial charge < -0.3 is 14.8 Å². The van der Waals surface area contributed by atoms with Gasteiger partial charge in [-0.15, -0.1) is 0 Å². The van der Waals surface area contributed by atoms with Crippen LogP contribution in [0, 0.1) is 6.92 Å². The molecule has 21 heavy (non-hydrogen) atoms. The number of fused-ring (bicyclic) bond motifs is 1. The molecule has 1 aliphatic heterocycles. The summed E-state index contributed by atoms with van der Waals surface area (Å²) in [6.07, 6.45) is 0. The predicted molar refractivity (Wildman–Crippen MR) is 81.7 cm³/mol. The predicted octanol–water partition coefficient (Wildman–Crippen LogP) is 4.03. The molecule has 0 aliphatic carbocycles. The van der Waals surface area contributed by atoms with Crippen molar-refractivity contribution in [2.45, 2.75) is 26.7 Å². The van der Waals surface area contributed by atoms with Crippen molar-refractivity contribution >= 4 is 23.1 Å². The van der Waals surface area contributed by atoms with Crippen LogP contribution < -0.4 is 14.8 Å². The van der Waals surface area contributed by atoms with Crippen molar-refractivity contribution in [1.82, 2.24) is 9.97 Å². The highest BCUT2D eigenvalue weighted by atomic mass is 35.5. The second kappa shape index (κ2) is 5.41. The smallest absolute Gasteiger partial charge is 0.231 e. The Balaban J connectivity index is 1.94. The van der Waals surface area contributed by atoms with Gasteiger partial charge in [0, 0.05) is 23.2 Å². The number of nitrogens with one attached hydrogen (secondary N) is 1. The molecule has 0 saturated heterocycles. The molecule has 5 nitrogen and oxygen atoms in total. The molecule has 0 unspecified atom stereocenters. The summed E-state index contributed by atoms with van der Waals surface area (Å²) < 4.78 is 10.7. The van der Waals surface area contributed by atoms with Crippen LogP contribution in [-0.4, -0.2) is 16.8 Å². The Morgan fingerprint density at radius 2 is 1.95 bits per heavy atom. The van der Waals surface area contributed by atoms with E-state index >= 15 is 0 Å². The first-order valence-corrected chi connectivity index (χ1v) is 7.13. The molecule has 0 amide bonds.